The molecule has 2 aromatic heterocycles. The van der Waals surface area contributed by atoms with Crippen molar-refractivity contribution in [3.05, 3.63) is 103 Å². The zero-order chi connectivity index (χ0) is 24.9. The van der Waals surface area contributed by atoms with Gasteiger partial charge in [0.25, 0.3) is 5.91 Å². The van der Waals surface area contributed by atoms with Crippen LogP contribution in [-0.4, -0.2) is 26.6 Å². The predicted octanol–water partition coefficient (Wildman–Crippen LogP) is 5.06. The highest BCUT2D eigenvalue weighted by Gasteiger charge is 2.21. The molecule has 0 saturated heterocycles. The first-order valence-corrected chi connectivity index (χ1v) is 11.3. The summed E-state index contributed by atoms with van der Waals surface area (Å²) in [5, 5.41) is 10.5. The minimum Gasteiger partial charge on any atom is -0.489 e. The van der Waals surface area contributed by atoms with Gasteiger partial charge in [0.05, 0.1) is 0 Å². The number of para-hydroxylation sites is 2. The average Bonchev–Trinajstić information content (AvgIpc) is 3.57. The number of aromatic nitrogens is 3. The lowest BCUT2D eigenvalue weighted by Gasteiger charge is -2.12. The van der Waals surface area contributed by atoms with E-state index in [2.05, 4.69) is 20.7 Å². The maximum atomic E-state index is 13.2. The van der Waals surface area contributed by atoms with Gasteiger partial charge in [0, 0.05) is 22.3 Å². The van der Waals surface area contributed by atoms with Gasteiger partial charge in [-0.2, -0.15) is 5.10 Å². The highest BCUT2D eigenvalue weighted by Crippen LogP contribution is 2.28. The first kappa shape index (κ1) is 22.9. The second-order valence-corrected chi connectivity index (χ2v) is 8.08. The highest BCUT2D eigenvalue weighted by atomic mass is 16.5. The Hall–Kier alpha value is -4.92. The van der Waals surface area contributed by atoms with Gasteiger partial charge in [0.2, 0.25) is 5.91 Å². The Morgan fingerprint density at radius 3 is 2.36 bits per heavy atom. The minimum absolute atomic E-state index is 0.179. The number of fused-ring (bicyclic) bond motifs is 1. The zero-order valence-corrected chi connectivity index (χ0v) is 19.4. The molecule has 0 radical (unpaired) electrons. The van der Waals surface area contributed by atoms with Gasteiger partial charge in [-0.3, -0.25) is 9.59 Å². The third kappa shape index (κ3) is 4.95. The Morgan fingerprint density at radius 2 is 1.64 bits per heavy atom. The first-order valence-electron chi connectivity index (χ1n) is 11.3. The van der Waals surface area contributed by atoms with Crippen molar-refractivity contribution < 1.29 is 18.7 Å². The molecule has 0 aliphatic rings. The molecule has 3 aromatic carbocycles. The molecule has 5 aromatic rings. The summed E-state index contributed by atoms with van der Waals surface area (Å²) in [6, 6.07) is 23.2. The van der Waals surface area contributed by atoms with Gasteiger partial charge in [-0.25, -0.2) is 9.67 Å². The molecule has 0 fully saturated rings. The summed E-state index contributed by atoms with van der Waals surface area (Å²) in [5.74, 6) is 0.258. The second-order valence-electron chi connectivity index (χ2n) is 8.08. The molecule has 9 heteroatoms. The van der Waals surface area contributed by atoms with Crippen LogP contribution in [0.2, 0.25) is 0 Å². The van der Waals surface area contributed by atoms with Gasteiger partial charge in [-0.1, -0.05) is 36.4 Å². The number of carbonyl (C=O) groups excluding carboxylic acids is 2. The van der Waals surface area contributed by atoms with E-state index < -0.39 is 11.9 Å². The monoisotopic (exact) mass is 481 g/mol. The summed E-state index contributed by atoms with van der Waals surface area (Å²) < 4.78 is 13.3. The lowest BCUT2D eigenvalue weighted by molar-refractivity contribution is -0.119. The van der Waals surface area contributed by atoms with E-state index in [1.54, 1.807) is 31.2 Å². The van der Waals surface area contributed by atoms with Crippen LogP contribution >= 0.6 is 0 Å². The molecule has 0 saturated carbocycles. The van der Waals surface area contributed by atoms with Crippen LogP contribution in [0.3, 0.4) is 0 Å². The van der Waals surface area contributed by atoms with Gasteiger partial charge < -0.3 is 19.8 Å². The third-order valence-electron chi connectivity index (χ3n) is 5.65. The summed E-state index contributed by atoms with van der Waals surface area (Å²) >= 11 is 0. The molecular weight excluding hydrogens is 458 g/mol. The van der Waals surface area contributed by atoms with Crippen molar-refractivity contribution in [3.8, 4) is 5.75 Å². The number of furan rings is 1. The molecule has 1 atom stereocenters. The summed E-state index contributed by atoms with van der Waals surface area (Å²) in [4.78, 5) is 29.5. The molecule has 0 bridgehead atoms. The normalized spacial score (nSPS) is 11.7. The quantitative estimate of drug-likeness (QED) is 0.321. The molecule has 2 heterocycles. The van der Waals surface area contributed by atoms with E-state index in [0.29, 0.717) is 28.3 Å². The molecular formula is C27H23N5O4. The number of benzene rings is 3. The van der Waals surface area contributed by atoms with Crippen LogP contribution in [0.1, 0.15) is 29.1 Å². The van der Waals surface area contributed by atoms with Gasteiger partial charge >= 0.3 is 0 Å². The number of hydrogen-bond acceptors (Lipinski definition) is 6. The maximum absolute atomic E-state index is 13.2. The van der Waals surface area contributed by atoms with Gasteiger partial charge in [0.1, 0.15) is 36.6 Å². The van der Waals surface area contributed by atoms with Crippen LogP contribution in [0.4, 0.5) is 11.4 Å². The first-order chi connectivity index (χ1) is 17.6. The molecule has 180 valence electrons. The number of rotatable bonds is 8. The zero-order valence-electron chi connectivity index (χ0n) is 19.4. The number of anilines is 2. The van der Waals surface area contributed by atoms with E-state index in [-0.39, 0.29) is 18.3 Å². The van der Waals surface area contributed by atoms with Gasteiger partial charge in [0.15, 0.2) is 5.76 Å². The molecule has 5 rings (SSSR count). The number of nitrogens with zero attached hydrogens (tertiary/aromatic N) is 3. The molecule has 0 aliphatic heterocycles. The van der Waals surface area contributed by atoms with Crippen molar-refractivity contribution in [3.63, 3.8) is 0 Å². The number of ether oxygens (including phenoxy) is 1. The van der Waals surface area contributed by atoms with Gasteiger partial charge in [-0.05, 0) is 49.4 Å². The van der Waals surface area contributed by atoms with Crippen molar-refractivity contribution in [1.82, 2.24) is 14.8 Å². The largest absolute Gasteiger partial charge is 0.489 e. The lowest BCUT2D eigenvalue weighted by atomic mass is 10.1. The number of nitrogens with one attached hydrogen (secondary N) is 2. The summed E-state index contributed by atoms with van der Waals surface area (Å²) in [5.41, 5.74) is 2.41. The second kappa shape index (κ2) is 10.1. The Labute approximate surface area is 206 Å². The van der Waals surface area contributed by atoms with E-state index in [1.807, 2.05) is 54.6 Å². The number of hydrogen-bond donors (Lipinski definition) is 2. The fourth-order valence-corrected chi connectivity index (χ4v) is 3.71. The Morgan fingerprint density at radius 1 is 0.944 bits per heavy atom. The van der Waals surface area contributed by atoms with Crippen molar-refractivity contribution in [2.24, 2.45) is 0 Å². The van der Waals surface area contributed by atoms with E-state index in [9.17, 15) is 9.59 Å². The average molecular weight is 482 g/mol. The van der Waals surface area contributed by atoms with E-state index in [4.69, 9.17) is 9.15 Å². The predicted molar refractivity (Wildman–Crippen MR) is 135 cm³/mol. The Bertz CT molecular complexity index is 1480. The maximum Gasteiger partial charge on any atom is 0.291 e. The standard InChI is InChI=1S/C27H23N5O4/c1-18(32-17-28-16-29-32)26(33)30-19-11-13-20(14-12-19)31-27(34)25-23(15-35-21-7-3-2-4-8-21)22-9-5-6-10-24(22)36-25/h2-14,16-18H,15H2,1H3,(H,30,33)(H,31,34). The fourth-order valence-electron chi connectivity index (χ4n) is 3.71. The molecule has 1 unspecified atom stereocenters. The Kier molecular flexibility index (Phi) is 6.44. The smallest absolute Gasteiger partial charge is 0.291 e. The highest BCUT2D eigenvalue weighted by molar-refractivity contribution is 6.06. The summed E-state index contributed by atoms with van der Waals surface area (Å²) in [7, 11) is 0. The van der Waals surface area contributed by atoms with Crippen molar-refractivity contribution >= 4 is 34.2 Å². The van der Waals surface area contributed by atoms with Crippen LogP contribution in [0.25, 0.3) is 11.0 Å². The van der Waals surface area contributed by atoms with E-state index >= 15 is 0 Å². The molecule has 36 heavy (non-hydrogen) atoms. The van der Waals surface area contributed by atoms with Crippen LogP contribution in [0.15, 0.2) is 95.9 Å². The van der Waals surface area contributed by atoms with E-state index in [1.165, 1.54) is 17.3 Å². The molecule has 9 nitrogen and oxygen atoms in total. The van der Waals surface area contributed by atoms with Gasteiger partial charge in [-0.15, -0.1) is 0 Å². The van der Waals surface area contributed by atoms with Crippen LogP contribution in [-0.2, 0) is 11.4 Å². The topological polar surface area (TPSA) is 111 Å². The van der Waals surface area contributed by atoms with Crippen LogP contribution in [0, 0.1) is 0 Å². The fraction of sp³-hybridized carbons (Fsp3) is 0.111. The number of carbonyl (C=O) groups is 2. The SMILES string of the molecule is CC(C(=O)Nc1ccc(NC(=O)c2oc3ccccc3c2COc2ccccc2)cc1)n1cncn1. The van der Waals surface area contributed by atoms with Crippen LogP contribution in [0.5, 0.6) is 5.75 Å². The molecule has 2 amide bonds. The van der Waals surface area contributed by atoms with E-state index in [0.717, 1.165) is 5.39 Å². The van der Waals surface area contributed by atoms with Crippen molar-refractivity contribution in [2.45, 2.75) is 19.6 Å². The third-order valence-corrected chi connectivity index (χ3v) is 5.65. The summed E-state index contributed by atoms with van der Waals surface area (Å²) in [6.07, 6.45) is 2.86. The van der Waals surface area contributed by atoms with Crippen molar-refractivity contribution in [2.75, 3.05) is 10.6 Å². The minimum atomic E-state index is -0.517. The lowest BCUT2D eigenvalue weighted by Crippen LogP contribution is -2.24. The number of amides is 2. The summed E-state index contributed by atoms with van der Waals surface area (Å²) in [6.45, 7) is 1.91. The molecule has 0 spiro atoms. The molecule has 0 aliphatic carbocycles. The Balaban J connectivity index is 1.29. The van der Waals surface area contributed by atoms with Crippen LogP contribution < -0.4 is 15.4 Å². The van der Waals surface area contributed by atoms with Crippen molar-refractivity contribution in [1.29, 1.82) is 0 Å². The molecule has 2 N–H and O–H groups in total.